The number of piperazine rings is 1. The van der Waals surface area contributed by atoms with Crippen LogP contribution in [0, 0.1) is 5.92 Å². The maximum Gasteiger partial charge on any atom is 0.254 e. The fraction of sp³-hybridized carbons (Fsp3) is 0.565. The van der Waals surface area contributed by atoms with Crippen molar-refractivity contribution in [1.82, 2.24) is 25.8 Å². The number of carbonyl (C=O) groups is 4. The van der Waals surface area contributed by atoms with E-state index >= 15 is 0 Å². The van der Waals surface area contributed by atoms with Gasteiger partial charge in [-0.15, -0.1) is 0 Å². The monoisotopic (exact) mass is 441 g/mol. The summed E-state index contributed by atoms with van der Waals surface area (Å²) in [5.74, 6) is -0.845. The molecular formula is C23H31N5O4. The third-order valence-corrected chi connectivity index (χ3v) is 6.57. The lowest BCUT2D eigenvalue weighted by Crippen LogP contribution is -2.64. The van der Waals surface area contributed by atoms with Crippen molar-refractivity contribution in [2.75, 3.05) is 39.3 Å². The number of hydrogen-bond donors (Lipinski definition) is 3. The summed E-state index contributed by atoms with van der Waals surface area (Å²) in [7, 11) is 0. The first-order valence-corrected chi connectivity index (χ1v) is 11.5. The molecule has 3 saturated heterocycles. The summed E-state index contributed by atoms with van der Waals surface area (Å²) < 4.78 is 0. The van der Waals surface area contributed by atoms with E-state index in [4.69, 9.17) is 0 Å². The van der Waals surface area contributed by atoms with E-state index in [1.54, 1.807) is 29.2 Å². The van der Waals surface area contributed by atoms with Gasteiger partial charge in [0.05, 0.1) is 6.54 Å². The molecule has 3 aliphatic rings. The van der Waals surface area contributed by atoms with Gasteiger partial charge in [-0.05, 0) is 50.9 Å². The van der Waals surface area contributed by atoms with E-state index < -0.39 is 12.1 Å². The van der Waals surface area contributed by atoms with Crippen LogP contribution in [0.5, 0.6) is 0 Å². The Morgan fingerprint density at radius 2 is 1.72 bits per heavy atom. The van der Waals surface area contributed by atoms with Crippen LogP contribution in [0.1, 0.15) is 36.0 Å². The number of benzene rings is 1. The zero-order valence-corrected chi connectivity index (χ0v) is 18.2. The standard InChI is InChI=1S/C23H31N5O4/c29-20-18(7-4-10-25-20)26-21(30)19-15-27(22(31)17-8-11-24-12-9-17)13-14-28(19)23(32)16-5-2-1-3-6-16/h1-3,5-6,17-19,24H,4,7-15H2,(H,25,29)(H,26,30)/t18-,19-/m0/s1. The summed E-state index contributed by atoms with van der Waals surface area (Å²) in [5, 5.41) is 8.85. The third-order valence-electron chi connectivity index (χ3n) is 6.57. The predicted molar refractivity (Wildman–Crippen MR) is 118 cm³/mol. The van der Waals surface area contributed by atoms with E-state index in [2.05, 4.69) is 16.0 Å². The van der Waals surface area contributed by atoms with E-state index in [1.165, 1.54) is 4.90 Å². The lowest BCUT2D eigenvalue weighted by Gasteiger charge is -2.42. The molecule has 9 heteroatoms. The van der Waals surface area contributed by atoms with Crippen molar-refractivity contribution in [3.05, 3.63) is 35.9 Å². The van der Waals surface area contributed by atoms with Gasteiger partial charge in [-0.2, -0.15) is 0 Å². The van der Waals surface area contributed by atoms with Gasteiger partial charge in [-0.3, -0.25) is 19.2 Å². The molecule has 9 nitrogen and oxygen atoms in total. The zero-order valence-electron chi connectivity index (χ0n) is 18.2. The highest BCUT2D eigenvalue weighted by Gasteiger charge is 2.40. The van der Waals surface area contributed by atoms with Gasteiger partial charge in [0.2, 0.25) is 17.7 Å². The number of rotatable bonds is 4. The first kappa shape index (κ1) is 22.3. The van der Waals surface area contributed by atoms with Crippen LogP contribution in [-0.2, 0) is 14.4 Å². The Morgan fingerprint density at radius 1 is 0.969 bits per heavy atom. The molecule has 32 heavy (non-hydrogen) atoms. The second-order valence-electron chi connectivity index (χ2n) is 8.68. The summed E-state index contributed by atoms with van der Waals surface area (Å²) in [4.78, 5) is 55.0. The van der Waals surface area contributed by atoms with E-state index in [0.29, 0.717) is 25.1 Å². The van der Waals surface area contributed by atoms with Gasteiger partial charge in [0.15, 0.2) is 0 Å². The Morgan fingerprint density at radius 3 is 2.44 bits per heavy atom. The van der Waals surface area contributed by atoms with E-state index in [1.807, 2.05) is 6.07 Å². The minimum atomic E-state index is -0.836. The SMILES string of the molecule is O=C1NCCC[C@@H]1NC(=O)[C@@H]1CN(C(=O)C2CCNCC2)CCN1C(=O)c1ccccc1. The average molecular weight is 442 g/mol. The lowest BCUT2D eigenvalue weighted by molar-refractivity contribution is -0.142. The Kier molecular flexibility index (Phi) is 7.04. The van der Waals surface area contributed by atoms with Gasteiger partial charge in [-0.1, -0.05) is 18.2 Å². The summed E-state index contributed by atoms with van der Waals surface area (Å²) in [6, 6.07) is 7.39. The normalized spacial score (nSPS) is 24.6. The van der Waals surface area contributed by atoms with Gasteiger partial charge < -0.3 is 25.8 Å². The molecule has 0 bridgehead atoms. The van der Waals surface area contributed by atoms with Crippen molar-refractivity contribution >= 4 is 23.6 Å². The molecule has 0 spiro atoms. The topological polar surface area (TPSA) is 111 Å². The Hall–Kier alpha value is -2.94. The molecule has 3 heterocycles. The lowest BCUT2D eigenvalue weighted by atomic mass is 9.95. The molecule has 3 fully saturated rings. The molecule has 2 atom stereocenters. The van der Waals surface area contributed by atoms with Crippen LogP contribution in [0.15, 0.2) is 30.3 Å². The van der Waals surface area contributed by atoms with Crippen molar-refractivity contribution < 1.29 is 19.2 Å². The van der Waals surface area contributed by atoms with Crippen LogP contribution < -0.4 is 16.0 Å². The van der Waals surface area contributed by atoms with Crippen molar-refractivity contribution in [3.63, 3.8) is 0 Å². The third kappa shape index (κ3) is 4.93. The summed E-state index contributed by atoms with van der Waals surface area (Å²) >= 11 is 0. The van der Waals surface area contributed by atoms with Crippen molar-refractivity contribution in [3.8, 4) is 0 Å². The second-order valence-corrected chi connectivity index (χ2v) is 8.68. The fourth-order valence-corrected chi connectivity index (χ4v) is 4.70. The molecule has 0 radical (unpaired) electrons. The Bertz CT molecular complexity index is 855. The summed E-state index contributed by atoms with van der Waals surface area (Å²) in [6.45, 7) is 3.04. The number of carbonyl (C=O) groups excluding carboxylic acids is 4. The zero-order chi connectivity index (χ0) is 22.5. The van der Waals surface area contributed by atoms with Gasteiger partial charge >= 0.3 is 0 Å². The molecule has 1 aromatic rings. The maximum absolute atomic E-state index is 13.3. The van der Waals surface area contributed by atoms with E-state index in [-0.39, 0.29) is 42.6 Å². The molecule has 4 amide bonds. The van der Waals surface area contributed by atoms with E-state index in [9.17, 15) is 19.2 Å². The largest absolute Gasteiger partial charge is 0.354 e. The molecule has 0 unspecified atom stereocenters. The van der Waals surface area contributed by atoms with Crippen LogP contribution in [0.3, 0.4) is 0 Å². The highest BCUT2D eigenvalue weighted by atomic mass is 16.2. The van der Waals surface area contributed by atoms with Crippen molar-refractivity contribution in [1.29, 1.82) is 0 Å². The van der Waals surface area contributed by atoms with Crippen LogP contribution in [0.2, 0.25) is 0 Å². The minimum Gasteiger partial charge on any atom is -0.354 e. The quantitative estimate of drug-likeness (QED) is 0.596. The van der Waals surface area contributed by atoms with Crippen molar-refractivity contribution in [2.24, 2.45) is 5.92 Å². The minimum absolute atomic E-state index is 0.0477. The molecule has 3 N–H and O–H groups in total. The van der Waals surface area contributed by atoms with Crippen LogP contribution in [0.4, 0.5) is 0 Å². The molecule has 172 valence electrons. The molecule has 1 aromatic carbocycles. The number of nitrogens with zero attached hydrogens (tertiary/aromatic N) is 2. The summed E-state index contributed by atoms with van der Waals surface area (Å²) in [6.07, 6.45) is 2.91. The average Bonchev–Trinajstić information content (AvgIpc) is 2.85. The maximum atomic E-state index is 13.3. The summed E-state index contributed by atoms with van der Waals surface area (Å²) in [5.41, 5.74) is 0.499. The number of hydrogen-bond acceptors (Lipinski definition) is 5. The Labute approximate surface area is 187 Å². The predicted octanol–water partition coefficient (Wildman–Crippen LogP) is -0.266. The molecule has 3 aliphatic heterocycles. The first-order chi connectivity index (χ1) is 15.5. The number of nitrogens with one attached hydrogen (secondary N) is 3. The number of piperidine rings is 2. The van der Waals surface area contributed by atoms with Gasteiger partial charge in [0.25, 0.3) is 5.91 Å². The Balaban J connectivity index is 1.51. The van der Waals surface area contributed by atoms with E-state index in [0.717, 1.165) is 32.4 Å². The number of amides is 4. The highest BCUT2D eigenvalue weighted by Crippen LogP contribution is 2.21. The molecule has 4 rings (SSSR count). The highest BCUT2D eigenvalue weighted by molar-refractivity contribution is 5.99. The first-order valence-electron chi connectivity index (χ1n) is 11.5. The molecule has 0 aliphatic carbocycles. The van der Waals surface area contributed by atoms with Gasteiger partial charge in [0.1, 0.15) is 12.1 Å². The smallest absolute Gasteiger partial charge is 0.254 e. The van der Waals surface area contributed by atoms with Crippen molar-refractivity contribution in [2.45, 2.75) is 37.8 Å². The molecule has 0 aromatic heterocycles. The fourth-order valence-electron chi connectivity index (χ4n) is 4.70. The molecular weight excluding hydrogens is 410 g/mol. The van der Waals surface area contributed by atoms with Crippen LogP contribution in [-0.4, -0.2) is 84.8 Å². The van der Waals surface area contributed by atoms with Crippen LogP contribution in [0.25, 0.3) is 0 Å². The van der Waals surface area contributed by atoms with Gasteiger partial charge in [0, 0.05) is 31.1 Å². The van der Waals surface area contributed by atoms with Gasteiger partial charge in [-0.25, -0.2) is 0 Å². The second kappa shape index (κ2) is 10.1. The van der Waals surface area contributed by atoms with Crippen LogP contribution >= 0.6 is 0 Å². The molecule has 0 saturated carbocycles.